The average Bonchev–Trinajstić information content (AvgIpc) is 3.43. The summed E-state index contributed by atoms with van der Waals surface area (Å²) in [5.74, 6) is -1.12. The molecule has 5 nitrogen and oxygen atoms in total. The van der Waals surface area contributed by atoms with Crippen molar-refractivity contribution in [1.82, 2.24) is 4.98 Å². The van der Waals surface area contributed by atoms with E-state index in [0.717, 1.165) is 5.57 Å². The van der Waals surface area contributed by atoms with Crippen LogP contribution in [0.2, 0.25) is 5.02 Å². The molecule has 0 aliphatic heterocycles. The Morgan fingerprint density at radius 1 is 1.23 bits per heavy atom. The average molecular weight is 570 g/mol. The van der Waals surface area contributed by atoms with E-state index >= 15 is 4.39 Å². The number of rotatable bonds is 4. The highest BCUT2D eigenvalue weighted by Crippen LogP contribution is 2.72. The van der Waals surface area contributed by atoms with E-state index in [1.165, 1.54) is 23.5 Å². The fraction of sp³-hybridized carbons (Fsp3) is 0.516. The van der Waals surface area contributed by atoms with Gasteiger partial charge in [-0.15, -0.1) is 11.3 Å². The van der Waals surface area contributed by atoms with Crippen molar-refractivity contribution in [3.8, 4) is 0 Å². The molecule has 1 heterocycles. The van der Waals surface area contributed by atoms with Gasteiger partial charge in [0.2, 0.25) is 0 Å². The highest BCUT2D eigenvalue weighted by atomic mass is 35.5. The molecule has 1 aromatic heterocycles. The Labute approximate surface area is 236 Å². The number of nitrogens with zero attached hydrogens (tertiary/aromatic N) is 1. The van der Waals surface area contributed by atoms with Gasteiger partial charge in [-0.3, -0.25) is 9.59 Å². The molecule has 4 aliphatic carbocycles. The van der Waals surface area contributed by atoms with E-state index in [0.29, 0.717) is 40.6 Å². The normalized spacial score (nSPS) is 41.0. The van der Waals surface area contributed by atoms with Gasteiger partial charge in [0.1, 0.15) is 10.6 Å². The third-order valence-corrected chi connectivity index (χ3v) is 11.7. The van der Waals surface area contributed by atoms with Gasteiger partial charge in [0.15, 0.2) is 17.2 Å². The Morgan fingerprint density at radius 2 is 1.95 bits per heavy atom. The van der Waals surface area contributed by atoms with Crippen LogP contribution in [0.4, 0.5) is 4.39 Å². The van der Waals surface area contributed by atoms with E-state index in [-0.39, 0.29) is 36.2 Å². The van der Waals surface area contributed by atoms with Gasteiger partial charge in [0, 0.05) is 32.7 Å². The van der Waals surface area contributed by atoms with Crippen molar-refractivity contribution in [2.45, 2.75) is 70.2 Å². The lowest BCUT2D eigenvalue weighted by Crippen LogP contribution is -2.68. The highest BCUT2D eigenvalue weighted by molar-refractivity contribution is 7.09. The molecule has 2 aromatic rings. The Kier molecular flexibility index (Phi) is 6.16. The standard InChI is InChI=1S/C31H33ClFNO4S/c1-17-12-23-22-9-6-19-13-21(35)10-11-28(19,2)30(22,33)26(37)15-29(23,3)31(17,38)25-16-39-27(34-25)14-24(36)18-4-7-20(32)8-5-18/h4-5,7-8,10-11,13,16-17,22-23,26,37-38H,6,9,12,14-15H2,1-3H3/t17-,22+,23+,26+,28+,29+,30+,31+/m1/s1. The van der Waals surface area contributed by atoms with Gasteiger partial charge in [0.05, 0.1) is 18.2 Å². The molecular weight excluding hydrogens is 537 g/mol. The summed E-state index contributed by atoms with van der Waals surface area (Å²) in [6.07, 6.45) is 5.16. The number of carbonyl (C=O) groups excluding carboxylic acids is 2. The number of allylic oxidation sites excluding steroid dienone is 4. The van der Waals surface area contributed by atoms with Crippen molar-refractivity contribution in [1.29, 1.82) is 0 Å². The number of hydrogen-bond acceptors (Lipinski definition) is 6. The summed E-state index contributed by atoms with van der Waals surface area (Å²) in [6.45, 7) is 5.74. The van der Waals surface area contributed by atoms with Gasteiger partial charge >= 0.3 is 0 Å². The Balaban J connectivity index is 1.33. The number of carbonyl (C=O) groups is 2. The van der Waals surface area contributed by atoms with Crippen molar-refractivity contribution in [2.24, 2.45) is 28.6 Å². The van der Waals surface area contributed by atoms with Crippen LogP contribution < -0.4 is 0 Å². The number of aliphatic hydroxyl groups excluding tert-OH is 1. The minimum Gasteiger partial charge on any atom is -0.390 e. The van der Waals surface area contributed by atoms with Crippen LogP contribution in [0, 0.1) is 28.6 Å². The van der Waals surface area contributed by atoms with E-state index in [2.05, 4.69) is 0 Å². The van der Waals surface area contributed by atoms with Gasteiger partial charge in [-0.1, -0.05) is 37.1 Å². The van der Waals surface area contributed by atoms with E-state index < -0.39 is 34.1 Å². The minimum atomic E-state index is -1.94. The molecule has 3 saturated carbocycles. The molecule has 3 fully saturated rings. The number of ketones is 2. The van der Waals surface area contributed by atoms with Crippen molar-refractivity contribution < 1.29 is 24.2 Å². The SMILES string of the molecule is C[C@@H]1C[C@H]2[C@@H]3CCC4=CC(=O)C=C[C@]4(C)[C@@]3(F)[C@@H](O)C[C@]2(C)[C@@]1(O)c1csc(CC(=O)c2ccc(Cl)cc2)n1. The number of aliphatic hydroxyl groups is 2. The zero-order valence-corrected chi connectivity index (χ0v) is 23.9. The largest absolute Gasteiger partial charge is 0.390 e. The second-order valence-corrected chi connectivity index (χ2v) is 13.8. The smallest absolute Gasteiger partial charge is 0.178 e. The molecule has 2 N–H and O–H groups in total. The zero-order valence-electron chi connectivity index (χ0n) is 22.3. The summed E-state index contributed by atoms with van der Waals surface area (Å²) in [5, 5.41) is 27.0. The third-order valence-electron chi connectivity index (χ3n) is 10.6. The Morgan fingerprint density at radius 3 is 2.67 bits per heavy atom. The molecule has 0 bridgehead atoms. The number of thiazole rings is 1. The minimum absolute atomic E-state index is 0.0761. The molecule has 1 aromatic carbocycles. The maximum Gasteiger partial charge on any atom is 0.178 e. The third kappa shape index (κ3) is 3.59. The lowest BCUT2D eigenvalue weighted by Gasteiger charge is -2.62. The van der Waals surface area contributed by atoms with Crippen LogP contribution in [-0.4, -0.2) is 38.5 Å². The molecule has 0 saturated heterocycles. The number of aromatic nitrogens is 1. The summed E-state index contributed by atoms with van der Waals surface area (Å²) in [6, 6.07) is 6.73. The first kappa shape index (κ1) is 27.0. The first-order valence-electron chi connectivity index (χ1n) is 13.6. The molecule has 206 valence electrons. The van der Waals surface area contributed by atoms with Crippen LogP contribution in [0.15, 0.2) is 53.4 Å². The zero-order chi connectivity index (χ0) is 28.0. The van der Waals surface area contributed by atoms with Gasteiger partial charge in [-0.05, 0) is 80.9 Å². The number of hydrogen-bond donors (Lipinski definition) is 2. The number of alkyl halides is 1. The molecular formula is C31H33ClFNO4S. The quantitative estimate of drug-likeness (QED) is 0.439. The molecule has 0 radical (unpaired) electrons. The monoisotopic (exact) mass is 569 g/mol. The number of halogens is 2. The predicted molar refractivity (Wildman–Crippen MR) is 148 cm³/mol. The second kappa shape index (κ2) is 8.90. The van der Waals surface area contributed by atoms with Crippen molar-refractivity contribution in [3.63, 3.8) is 0 Å². The molecule has 6 rings (SSSR count). The van der Waals surface area contributed by atoms with Gasteiger partial charge in [-0.25, -0.2) is 9.37 Å². The fourth-order valence-corrected chi connectivity index (χ4v) is 9.51. The topological polar surface area (TPSA) is 87.5 Å². The van der Waals surface area contributed by atoms with Crippen molar-refractivity contribution in [3.05, 3.63) is 74.7 Å². The summed E-state index contributed by atoms with van der Waals surface area (Å²) in [5.41, 5.74) is -3.42. The highest BCUT2D eigenvalue weighted by Gasteiger charge is 2.74. The molecule has 4 aliphatic rings. The fourth-order valence-electron chi connectivity index (χ4n) is 8.53. The predicted octanol–water partition coefficient (Wildman–Crippen LogP) is 6.03. The molecule has 8 heteroatoms. The lowest BCUT2D eigenvalue weighted by molar-refractivity contribution is -0.223. The van der Waals surface area contributed by atoms with Crippen LogP contribution >= 0.6 is 22.9 Å². The lowest BCUT2D eigenvalue weighted by atomic mass is 9.44. The van der Waals surface area contributed by atoms with E-state index in [1.54, 1.807) is 37.3 Å². The van der Waals surface area contributed by atoms with Crippen LogP contribution in [0.3, 0.4) is 0 Å². The summed E-state index contributed by atoms with van der Waals surface area (Å²) < 4.78 is 17.4. The number of Topliss-reactive ketones (excluding diaryl/α,β-unsaturated/α-hetero) is 1. The summed E-state index contributed by atoms with van der Waals surface area (Å²) in [7, 11) is 0. The van der Waals surface area contributed by atoms with Gasteiger partial charge < -0.3 is 10.2 Å². The summed E-state index contributed by atoms with van der Waals surface area (Å²) >= 11 is 7.28. The molecule has 39 heavy (non-hydrogen) atoms. The second-order valence-electron chi connectivity index (χ2n) is 12.4. The maximum absolute atomic E-state index is 17.4. The number of fused-ring (bicyclic) bond motifs is 5. The van der Waals surface area contributed by atoms with Crippen molar-refractivity contribution >= 4 is 34.5 Å². The Bertz CT molecular complexity index is 1420. The van der Waals surface area contributed by atoms with E-state index in [4.69, 9.17) is 16.6 Å². The molecule has 0 unspecified atom stereocenters. The van der Waals surface area contributed by atoms with Crippen LogP contribution in [0.5, 0.6) is 0 Å². The van der Waals surface area contributed by atoms with Crippen LogP contribution in [0.25, 0.3) is 0 Å². The Hall–Kier alpha value is -2.19. The van der Waals surface area contributed by atoms with E-state index in [9.17, 15) is 19.8 Å². The summed E-state index contributed by atoms with van der Waals surface area (Å²) in [4.78, 5) is 29.7. The first-order chi connectivity index (χ1) is 18.3. The van der Waals surface area contributed by atoms with Crippen LogP contribution in [-0.2, 0) is 16.8 Å². The van der Waals surface area contributed by atoms with E-state index in [1.807, 2.05) is 19.2 Å². The van der Waals surface area contributed by atoms with Gasteiger partial charge in [-0.2, -0.15) is 0 Å². The van der Waals surface area contributed by atoms with Crippen molar-refractivity contribution in [2.75, 3.05) is 0 Å². The maximum atomic E-state index is 17.4. The first-order valence-corrected chi connectivity index (χ1v) is 14.9. The number of benzene rings is 1. The van der Waals surface area contributed by atoms with Crippen LogP contribution in [0.1, 0.15) is 67.5 Å². The van der Waals surface area contributed by atoms with Gasteiger partial charge in [0.25, 0.3) is 0 Å². The molecule has 0 spiro atoms. The molecule has 8 atom stereocenters. The molecule has 0 amide bonds.